The maximum Gasteiger partial charge on any atom is 0.116 e. The number of rotatable bonds is 3. The Labute approximate surface area is 105 Å². The van der Waals surface area contributed by atoms with Gasteiger partial charge in [0.25, 0.3) is 0 Å². The van der Waals surface area contributed by atoms with Gasteiger partial charge in [-0.15, -0.1) is 11.3 Å². The van der Waals surface area contributed by atoms with Crippen LogP contribution >= 0.6 is 11.3 Å². The molecule has 0 bridgehead atoms. The number of thiazole rings is 1. The summed E-state index contributed by atoms with van der Waals surface area (Å²) in [6.07, 6.45) is 7.39. The van der Waals surface area contributed by atoms with Crippen molar-refractivity contribution in [2.24, 2.45) is 0 Å². The molecule has 0 amide bonds. The van der Waals surface area contributed by atoms with E-state index in [0.29, 0.717) is 11.6 Å². The van der Waals surface area contributed by atoms with Crippen LogP contribution < -0.4 is 5.73 Å². The second-order valence-electron chi connectivity index (χ2n) is 4.15. The molecule has 3 nitrogen and oxygen atoms in total. The first kappa shape index (κ1) is 11.8. The molecule has 4 heteroatoms. The smallest absolute Gasteiger partial charge is 0.116 e. The zero-order valence-corrected chi connectivity index (χ0v) is 10.7. The Balaban J connectivity index is 2.14. The predicted molar refractivity (Wildman–Crippen MR) is 73.8 cm³/mol. The Hall–Kier alpha value is -1.68. The van der Waals surface area contributed by atoms with E-state index in [-0.39, 0.29) is 0 Å². The van der Waals surface area contributed by atoms with E-state index in [1.807, 2.05) is 18.2 Å². The van der Waals surface area contributed by atoms with Gasteiger partial charge in [-0.3, -0.25) is 4.98 Å². The maximum absolute atomic E-state index is 5.66. The predicted octanol–water partition coefficient (Wildman–Crippen LogP) is 3.41. The average molecular weight is 245 g/mol. The van der Waals surface area contributed by atoms with Crippen molar-refractivity contribution in [2.75, 3.05) is 5.73 Å². The van der Waals surface area contributed by atoms with Gasteiger partial charge in [0.1, 0.15) is 5.01 Å². The molecule has 0 unspecified atom stereocenters. The first-order valence-electron chi connectivity index (χ1n) is 5.49. The third-order valence-electron chi connectivity index (χ3n) is 2.33. The Kier molecular flexibility index (Phi) is 3.54. The van der Waals surface area contributed by atoms with Crippen LogP contribution in [0, 0.1) is 0 Å². The average Bonchev–Trinajstić information content (AvgIpc) is 2.75. The molecular formula is C13H15N3S. The summed E-state index contributed by atoms with van der Waals surface area (Å²) in [7, 11) is 0. The fourth-order valence-electron chi connectivity index (χ4n) is 1.38. The molecule has 0 aliphatic rings. The van der Waals surface area contributed by atoms with E-state index in [2.05, 4.69) is 29.2 Å². The van der Waals surface area contributed by atoms with Gasteiger partial charge in [-0.1, -0.05) is 19.9 Å². The highest BCUT2D eigenvalue weighted by Gasteiger charge is 2.02. The molecule has 0 fully saturated rings. The number of nitrogen functional groups attached to an aromatic ring is 1. The molecule has 17 heavy (non-hydrogen) atoms. The van der Waals surface area contributed by atoms with Gasteiger partial charge in [0, 0.05) is 17.8 Å². The van der Waals surface area contributed by atoms with Gasteiger partial charge in [0.05, 0.1) is 11.4 Å². The summed E-state index contributed by atoms with van der Waals surface area (Å²) in [5, 5.41) is 3.11. The van der Waals surface area contributed by atoms with E-state index in [0.717, 1.165) is 16.3 Å². The normalized spacial score (nSPS) is 11.5. The minimum absolute atomic E-state index is 0.474. The number of hydrogen-bond acceptors (Lipinski definition) is 4. The van der Waals surface area contributed by atoms with E-state index >= 15 is 0 Å². The van der Waals surface area contributed by atoms with Crippen molar-refractivity contribution in [3.63, 3.8) is 0 Å². The summed E-state index contributed by atoms with van der Waals surface area (Å²) in [5.41, 5.74) is 8.47. The molecule has 2 rings (SSSR count). The molecule has 2 heterocycles. The van der Waals surface area contributed by atoms with Crippen LogP contribution in [-0.4, -0.2) is 9.97 Å². The zero-order valence-electron chi connectivity index (χ0n) is 9.92. The van der Waals surface area contributed by atoms with Crippen LogP contribution in [-0.2, 0) is 0 Å². The number of nitrogens with zero attached hydrogens (tertiary/aromatic N) is 2. The van der Waals surface area contributed by atoms with Crippen molar-refractivity contribution in [2.45, 2.75) is 19.8 Å². The SMILES string of the molecule is CC(C)c1csc(/C=C/c2cncc(N)c2)n1. The van der Waals surface area contributed by atoms with Gasteiger partial charge in [-0.2, -0.15) is 0 Å². The molecule has 0 radical (unpaired) electrons. The van der Waals surface area contributed by atoms with E-state index in [1.165, 1.54) is 0 Å². The van der Waals surface area contributed by atoms with Crippen molar-refractivity contribution in [3.05, 3.63) is 40.1 Å². The third kappa shape index (κ3) is 3.14. The molecule has 0 aliphatic heterocycles. The molecule has 2 N–H and O–H groups in total. The lowest BCUT2D eigenvalue weighted by Crippen LogP contribution is -1.87. The fourth-order valence-corrected chi connectivity index (χ4v) is 2.25. The van der Waals surface area contributed by atoms with E-state index in [4.69, 9.17) is 5.73 Å². The first-order chi connectivity index (χ1) is 8.15. The zero-order chi connectivity index (χ0) is 12.3. The topological polar surface area (TPSA) is 51.8 Å². The van der Waals surface area contributed by atoms with Crippen LogP contribution in [0.1, 0.15) is 36.0 Å². The van der Waals surface area contributed by atoms with Gasteiger partial charge in [0.2, 0.25) is 0 Å². The number of nitrogens with two attached hydrogens (primary N) is 1. The Morgan fingerprint density at radius 3 is 2.76 bits per heavy atom. The van der Waals surface area contributed by atoms with E-state index in [1.54, 1.807) is 23.7 Å². The summed E-state index contributed by atoms with van der Waals surface area (Å²) >= 11 is 1.65. The monoisotopic (exact) mass is 245 g/mol. The van der Waals surface area contributed by atoms with Crippen LogP contribution in [0.4, 0.5) is 5.69 Å². The third-order valence-corrected chi connectivity index (χ3v) is 3.16. The van der Waals surface area contributed by atoms with E-state index < -0.39 is 0 Å². The quantitative estimate of drug-likeness (QED) is 0.901. The standard InChI is InChI=1S/C13H15N3S/c1-9(2)12-8-17-13(16-12)4-3-10-5-11(14)7-15-6-10/h3-9H,14H2,1-2H3/b4-3+. The number of pyridine rings is 1. The van der Waals surface area contributed by atoms with Gasteiger partial charge < -0.3 is 5.73 Å². The summed E-state index contributed by atoms with van der Waals surface area (Å²) in [5.74, 6) is 0.474. The number of anilines is 1. The highest BCUT2D eigenvalue weighted by atomic mass is 32.1. The minimum Gasteiger partial charge on any atom is -0.397 e. The van der Waals surface area contributed by atoms with Gasteiger partial charge >= 0.3 is 0 Å². The Morgan fingerprint density at radius 1 is 1.29 bits per heavy atom. The maximum atomic E-state index is 5.66. The molecule has 0 saturated heterocycles. The molecule has 0 aliphatic carbocycles. The largest absolute Gasteiger partial charge is 0.397 e. The lowest BCUT2D eigenvalue weighted by molar-refractivity contribution is 0.832. The molecule has 88 valence electrons. The van der Waals surface area contributed by atoms with E-state index in [9.17, 15) is 0 Å². The molecular weight excluding hydrogens is 230 g/mol. The fraction of sp³-hybridized carbons (Fsp3) is 0.231. The molecule has 0 saturated carbocycles. The number of aromatic nitrogens is 2. The van der Waals surface area contributed by atoms with Crippen LogP contribution in [0.5, 0.6) is 0 Å². The van der Waals surface area contributed by atoms with Crippen LogP contribution in [0.3, 0.4) is 0 Å². The van der Waals surface area contributed by atoms with Crippen molar-refractivity contribution < 1.29 is 0 Å². The highest BCUT2D eigenvalue weighted by molar-refractivity contribution is 7.10. The Bertz CT molecular complexity index is 529. The summed E-state index contributed by atoms with van der Waals surface area (Å²) in [6, 6.07) is 1.89. The molecule has 0 spiro atoms. The molecule has 0 aromatic carbocycles. The van der Waals surface area contributed by atoms with Crippen LogP contribution in [0.15, 0.2) is 23.8 Å². The van der Waals surface area contributed by atoms with Crippen molar-refractivity contribution >= 4 is 29.2 Å². The summed E-state index contributed by atoms with van der Waals surface area (Å²) < 4.78 is 0. The number of hydrogen-bond donors (Lipinski definition) is 1. The summed E-state index contributed by atoms with van der Waals surface area (Å²) in [4.78, 5) is 8.56. The summed E-state index contributed by atoms with van der Waals surface area (Å²) in [6.45, 7) is 4.29. The van der Waals surface area contributed by atoms with Crippen molar-refractivity contribution in [1.82, 2.24) is 9.97 Å². The molecule has 2 aromatic rings. The highest BCUT2D eigenvalue weighted by Crippen LogP contribution is 2.19. The van der Waals surface area contributed by atoms with Crippen molar-refractivity contribution in [1.29, 1.82) is 0 Å². The van der Waals surface area contributed by atoms with Gasteiger partial charge in [-0.05, 0) is 23.6 Å². The van der Waals surface area contributed by atoms with Crippen molar-refractivity contribution in [3.8, 4) is 0 Å². The van der Waals surface area contributed by atoms with Crippen LogP contribution in [0.25, 0.3) is 12.2 Å². The second-order valence-corrected chi connectivity index (χ2v) is 5.04. The first-order valence-corrected chi connectivity index (χ1v) is 6.37. The molecule has 0 atom stereocenters. The minimum atomic E-state index is 0.474. The lowest BCUT2D eigenvalue weighted by atomic mass is 10.2. The van der Waals surface area contributed by atoms with Crippen LogP contribution in [0.2, 0.25) is 0 Å². The van der Waals surface area contributed by atoms with Gasteiger partial charge in [-0.25, -0.2) is 4.98 Å². The molecule has 2 aromatic heterocycles. The Morgan fingerprint density at radius 2 is 2.12 bits per heavy atom. The second kappa shape index (κ2) is 5.10. The lowest BCUT2D eigenvalue weighted by Gasteiger charge is -1.96. The van der Waals surface area contributed by atoms with Gasteiger partial charge in [0.15, 0.2) is 0 Å².